The zero-order valence-corrected chi connectivity index (χ0v) is 9.38. The molecule has 0 radical (unpaired) electrons. The third kappa shape index (κ3) is 1.38. The predicted octanol–water partition coefficient (Wildman–Crippen LogP) is 2.73. The second-order valence-electron chi connectivity index (χ2n) is 4.27. The Morgan fingerprint density at radius 1 is 1.43 bits per heavy atom. The second kappa shape index (κ2) is 3.77. The molecule has 2 atom stereocenters. The fourth-order valence-corrected chi connectivity index (χ4v) is 2.70. The van der Waals surface area contributed by atoms with Gasteiger partial charge in [-0.05, 0) is 31.5 Å². The molecule has 78 valence electrons. The van der Waals surface area contributed by atoms with Crippen LogP contribution in [0.4, 0.5) is 0 Å². The minimum Gasteiger partial charge on any atom is -0.365 e. The number of likely N-dealkylation sites (N-methyl/N-ethyl adjacent to an activating group) is 1. The van der Waals surface area contributed by atoms with Crippen LogP contribution < -0.4 is 0 Å². The van der Waals surface area contributed by atoms with Gasteiger partial charge in [-0.25, -0.2) is 0 Å². The van der Waals surface area contributed by atoms with Gasteiger partial charge in [-0.1, -0.05) is 13.8 Å². The lowest BCUT2D eigenvalue weighted by atomic mass is 9.91. The van der Waals surface area contributed by atoms with Crippen LogP contribution in [0.1, 0.15) is 44.0 Å². The lowest BCUT2D eigenvalue weighted by Gasteiger charge is -2.38. The van der Waals surface area contributed by atoms with E-state index in [0.717, 1.165) is 0 Å². The number of H-pyrrole nitrogens is 1. The van der Waals surface area contributed by atoms with Crippen molar-refractivity contribution in [1.82, 2.24) is 9.88 Å². The van der Waals surface area contributed by atoms with Gasteiger partial charge in [-0.2, -0.15) is 0 Å². The Balaban J connectivity index is 2.33. The highest BCUT2D eigenvalue weighted by molar-refractivity contribution is 5.28. The summed E-state index contributed by atoms with van der Waals surface area (Å²) < 4.78 is 0. The standard InChI is InChI=1S/C12H20N2/c1-4-9-8-11-10(6-7-13-11)12(5-2)14(9)3/h6-7,9,12-13H,4-5,8H2,1-3H3/t9-,12-/m1/s1. The van der Waals surface area contributed by atoms with Crippen molar-refractivity contribution < 1.29 is 0 Å². The summed E-state index contributed by atoms with van der Waals surface area (Å²) in [6.07, 6.45) is 5.72. The van der Waals surface area contributed by atoms with Gasteiger partial charge in [0.1, 0.15) is 0 Å². The maximum atomic E-state index is 3.38. The van der Waals surface area contributed by atoms with E-state index >= 15 is 0 Å². The molecule has 2 rings (SSSR count). The molecule has 0 saturated carbocycles. The van der Waals surface area contributed by atoms with Crippen molar-refractivity contribution in [3.63, 3.8) is 0 Å². The van der Waals surface area contributed by atoms with Gasteiger partial charge in [-0.3, -0.25) is 4.90 Å². The van der Waals surface area contributed by atoms with Crippen molar-refractivity contribution in [2.45, 2.75) is 45.2 Å². The van der Waals surface area contributed by atoms with Crippen molar-refractivity contribution in [3.8, 4) is 0 Å². The molecule has 1 aromatic heterocycles. The smallest absolute Gasteiger partial charge is 0.0363 e. The lowest BCUT2D eigenvalue weighted by Crippen LogP contribution is -2.40. The normalized spacial score (nSPS) is 27.6. The number of fused-ring (bicyclic) bond motifs is 1. The topological polar surface area (TPSA) is 19.0 Å². The van der Waals surface area contributed by atoms with Gasteiger partial charge >= 0.3 is 0 Å². The molecule has 0 amide bonds. The van der Waals surface area contributed by atoms with E-state index in [2.05, 4.69) is 43.0 Å². The van der Waals surface area contributed by atoms with E-state index in [4.69, 9.17) is 0 Å². The number of hydrogen-bond donors (Lipinski definition) is 1. The van der Waals surface area contributed by atoms with E-state index in [1.807, 2.05) is 0 Å². The van der Waals surface area contributed by atoms with E-state index in [1.54, 1.807) is 0 Å². The van der Waals surface area contributed by atoms with Crippen LogP contribution >= 0.6 is 0 Å². The van der Waals surface area contributed by atoms with Crippen molar-refractivity contribution in [2.24, 2.45) is 0 Å². The molecular weight excluding hydrogens is 172 g/mol. The van der Waals surface area contributed by atoms with Crippen molar-refractivity contribution >= 4 is 0 Å². The number of nitrogens with one attached hydrogen (secondary N) is 1. The van der Waals surface area contributed by atoms with Gasteiger partial charge in [0.15, 0.2) is 0 Å². The zero-order valence-electron chi connectivity index (χ0n) is 9.38. The summed E-state index contributed by atoms with van der Waals surface area (Å²) in [5.74, 6) is 0. The average Bonchev–Trinajstić information content (AvgIpc) is 2.64. The monoisotopic (exact) mass is 192 g/mol. The molecule has 0 saturated heterocycles. The molecule has 1 aromatic rings. The highest BCUT2D eigenvalue weighted by atomic mass is 15.2. The molecular formula is C12H20N2. The molecule has 14 heavy (non-hydrogen) atoms. The molecule has 2 heteroatoms. The third-order valence-electron chi connectivity index (χ3n) is 3.59. The number of aromatic amines is 1. The van der Waals surface area contributed by atoms with Gasteiger partial charge in [0.05, 0.1) is 0 Å². The predicted molar refractivity (Wildman–Crippen MR) is 59.4 cm³/mol. The third-order valence-corrected chi connectivity index (χ3v) is 3.59. The first-order chi connectivity index (χ1) is 6.77. The van der Waals surface area contributed by atoms with Crippen LogP contribution in [0.5, 0.6) is 0 Å². The quantitative estimate of drug-likeness (QED) is 0.763. The summed E-state index contributed by atoms with van der Waals surface area (Å²) in [5, 5.41) is 0. The number of rotatable bonds is 2. The first-order valence-corrected chi connectivity index (χ1v) is 5.66. The fraction of sp³-hybridized carbons (Fsp3) is 0.667. The van der Waals surface area contributed by atoms with E-state index < -0.39 is 0 Å². The molecule has 2 heterocycles. The van der Waals surface area contributed by atoms with Gasteiger partial charge in [0.2, 0.25) is 0 Å². The average molecular weight is 192 g/mol. The van der Waals surface area contributed by atoms with Crippen LogP contribution in [-0.2, 0) is 6.42 Å². The van der Waals surface area contributed by atoms with Gasteiger partial charge < -0.3 is 4.98 Å². The molecule has 1 aliphatic rings. The number of nitrogens with zero attached hydrogens (tertiary/aromatic N) is 1. The molecule has 1 aliphatic heterocycles. The second-order valence-corrected chi connectivity index (χ2v) is 4.27. The fourth-order valence-electron chi connectivity index (χ4n) is 2.70. The molecule has 2 nitrogen and oxygen atoms in total. The molecule has 0 bridgehead atoms. The van der Waals surface area contributed by atoms with Crippen molar-refractivity contribution in [1.29, 1.82) is 0 Å². The summed E-state index contributed by atoms with van der Waals surface area (Å²) >= 11 is 0. The molecule has 0 spiro atoms. The van der Waals surface area contributed by atoms with E-state index in [0.29, 0.717) is 12.1 Å². The Hall–Kier alpha value is -0.760. The van der Waals surface area contributed by atoms with Crippen molar-refractivity contribution in [3.05, 3.63) is 23.5 Å². The highest BCUT2D eigenvalue weighted by Gasteiger charge is 2.29. The van der Waals surface area contributed by atoms with Crippen LogP contribution in [-0.4, -0.2) is 23.0 Å². The van der Waals surface area contributed by atoms with Crippen LogP contribution in [0.2, 0.25) is 0 Å². The zero-order chi connectivity index (χ0) is 10.1. The van der Waals surface area contributed by atoms with Gasteiger partial charge in [-0.15, -0.1) is 0 Å². The van der Waals surface area contributed by atoms with Crippen molar-refractivity contribution in [2.75, 3.05) is 7.05 Å². The Morgan fingerprint density at radius 3 is 2.86 bits per heavy atom. The van der Waals surface area contributed by atoms with Gasteiger partial charge in [0.25, 0.3) is 0 Å². The minimum absolute atomic E-state index is 0.620. The van der Waals surface area contributed by atoms with Gasteiger partial charge in [0, 0.05) is 30.4 Å². The minimum atomic E-state index is 0.620. The summed E-state index contributed by atoms with van der Waals surface area (Å²) in [6.45, 7) is 4.55. The Kier molecular flexibility index (Phi) is 2.64. The van der Waals surface area contributed by atoms with Crippen LogP contribution in [0, 0.1) is 0 Å². The van der Waals surface area contributed by atoms with E-state index in [9.17, 15) is 0 Å². The lowest BCUT2D eigenvalue weighted by molar-refractivity contribution is 0.146. The van der Waals surface area contributed by atoms with Crippen LogP contribution in [0.15, 0.2) is 12.3 Å². The van der Waals surface area contributed by atoms with E-state index in [-0.39, 0.29) is 0 Å². The molecule has 0 unspecified atom stereocenters. The summed E-state index contributed by atoms with van der Waals surface area (Å²) in [6, 6.07) is 3.58. The summed E-state index contributed by atoms with van der Waals surface area (Å²) in [4.78, 5) is 5.92. The first-order valence-electron chi connectivity index (χ1n) is 5.66. The molecule has 0 aliphatic carbocycles. The Morgan fingerprint density at radius 2 is 2.21 bits per heavy atom. The van der Waals surface area contributed by atoms with Crippen LogP contribution in [0.3, 0.4) is 0 Å². The number of aromatic nitrogens is 1. The molecule has 1 N–H and O–H groups in total. The van der Waals surface area contributed by atoms with Crippen LogP contribution in [0.25, 0.3) is 0 Å². The Bertz CT molecular complexity index is 303. The SMILES string of the molecule is CC[C@@H]1Cc2[nH]ccc2[C@@H](CC)N1C. The number of hydrogen-bond acceptors (Lipinski definition) is 1. The Labute approximate surface area is 86.3 Å². The molecule has 0 fully saturated rings. The molecule has 0 aromatic carbocycles. The first kappa shape index (κ1) is 9.78. The summed E-state index contributed by atoms with van der Waals surface area (Å²) in [7, 11) is 2.26. The maximum absolute atomic E-state index is 3.38. The largest absolute Gasteiger partial charge is 0.365 e. The van der Waals surface area contributed by atoms with E-state index in [1.165, 1.54) is 30.5 Å². The summed E-state index contributed by atoms with van der Waals surface area (Å²) in [5.41, 5.74) is 2.97. The maximum Gasteiger partial charge on any atom is 0.0363 e. The highest BCUT2D eigenvalue weighted by Crippen LogP contribution is 2.34.